The van der Waals surface area contributed by atoms with Gasteiger partial charge in [0.1, 0.15) is 0 Å². The smallest absolute Gasteiger partial charge is 0.0949 e. The van der Waals surface area contributed by atoms with E-state index < -0.39 is 0 Å². The van der Waals surface area contributed by atoms with Crippen LogP contribution in [0, 0.1) is 6.92 Å². The van der Waals surface area contributed by atoms with Gasteiger partial charge in [-0.25, -0.2) is 4.98 Å². The average Bonchev–Trinajstić information content (AvgIpc) is 2.79. The number of rotatable bonds is 3. The molecule has 106 valence electrons. The Balaban J connectivity index is 1.82. The molecule has 0 bridgehead atoms. The molecule has 0 amide bonds. The van der Waals surface area contributed by atoms with Crippen molar-refractivity contribution in [3.8, 4) is 0 Å². The van der Waals surface area contributed by atoms with Crippen molar-refractivity contribution in [1.82, 2.24) is 24.4 Å². The van der Waals surface area contributed by atoms with Crippen molar-refractivity contribution in [2.24, 2.45) is 7.05 Å². The molecule has 2 aromatic heterocycles. The van der Waals surface area contributed by atoms with Crippen LogP contribution < -0.4 is 0 Å². The zero-order chi connectivity index (χ0) is 14.1. The topological polar surface area (TPSA) is 67.1 Å². The first-order valence-electron chi connectivity index (χ1n) is 6.79. The molecule has 0 aliphatic carbocycles. The van der Waals surface area contributed by atoms with Gasteiger partial charge in [-0.1, -0.05) is 0 Å². The van der Waals surface area contributed by atoms with Crippen molar-refractivity contribution < 1.29 is 5.11 Å². The predicted molar refractivity (Wildman–Crippen MR) is 73.8 cm³/mol. The molecule has 3 rings (SSSR count). The molecule has 1 aliphatic heterocycles. The largest absolute Gasteiger partial charge is 0.395 e. The van der Waals surface area contributed by atoms with Gasteiger partial charge >= 0.3 is 0 Å². The van der Waals surface area contributed by atoms with Gasteiger partial charge in [-0.3, -0.25) is 14.9 Å². The molecule has 6 nitrogen and oxygen atoms in total. The summed E-state index contributed by atoms with van der Waals surface area (Å²) in [6.45, 7) is 3.52. The number of fused-ring (bicyclic) bond motifs is 1. The van der Waals surface area contributed by atoms with Crippen molar-refractivity contribution in [3.63, 3.8) is 0 Å². The quantitative estimate of drug-likeness (QED) is 0.879. The molecule has 0 aromatic carbocycles. The summed E-state index contributed by atoms with van der Waals surface area (Å²) in [5, 5.41) is 9.64. The highest BCUT2D eigenvalue weighted by molar-refractivity contribution is 5.18. The molecule has 0 fully saturated rings. The van der Waals surface area contributed by atoms with Crippen molar-refractivity contribution >= 4 is 0 Å². The maximum Gasteiger partial charge on any atom is 0.0949 e. The molecule has 0 saturated heterocycles. The molecule has 0 radical (unpaired) electrons. The number of aliphatic hydroxyl groups is 1. The molecule has 1 aliphatic rings. The van der Waals surface area contributed by atoms with Gasteiger partial charge in [0, 0.05) is 50.7 Å². The summed E-state index contributed by atoms with van der Waals surface area (Å²) in [4.78, 5) is 15.3. The summed E-state index contributed by atoms with van der Waals surface area (Å²) in [5.41, 5.74) is 4.16. The molecule has 6 heteroatoms. The second-order valence-electron chi connectivity index (χ2n) is 5.35. The molecule has 3 heterocycles. The molecule has 0 spiro atoms. The van der Waals surface area contributed by atoms with Gasteiger partial charge in [0.2, 0.25) is 0 Å². The van der Waals surface area contributed by atoms with Crippen LogP contribution in [0.2, 0.25) is 0 Å². The zero-order valence-electron chi connectivity index (χ0n) is 11.8. The summed E-state index contributed by atoms with van der Waals surface area (Å²) < 4.78 is 2.04. The minimum Gasteiger partial charge on any atom is -0.395 e. The molecule has 1 atom stereocenters. The van der Waals surface area contributed by atoms with Gasteiger partial charge in [-0.2, -0.15) is 0 Å². The SMILES string of the molecule is Cc1cncc(CN2Cc3ncn(C)c3CC2CO)n1. The lowest BCUT2D eigenvalue weighted by Gasteiger charge is -2.34. The highest BCUT2D eigenvalue weighted by Gasteiger charge is 2.28. The Morgan fingerprint density at radius 3 is 3.00 bits per heavy atom. The molecule has 0 saturated carbocycles. The van der Waals surface area contributed by atoms with Crippen LogP contribution in [0.5, 0.6) is 0 Å². The standard InChI is InChI=1S/C14H19N5O/c1-10-4-15-5-11(17-10)6-19-7-13-14(3-12(19)8-20)18(2)9-16-13/h4-5,9,12,20H,3,6-8H2,1-2H3. The van der Waals surface area contributed by atoms with Crippen LogP contribution in [0.25, 0.3) is 0 Å². The second kappa shape index (κ2) is 5.30. The van der Waals surface area contributed by atoms with E-state index in [9.17, 15) is 5.11 Å². The lowest BCUT2D eigenvalue weighted by Crippen LogP contribution is -2.42. The van der Waals surface area contributed by atoms with Crippen LogP contribution in [0.4, 0.5) is 0 Å². The van der Waals surface area contributed by atoms with Crippen LogP contribution >= 0.6 is 0 Å². The van der Waals surface area contributed by atoms with E-state index in [1.54, 1.807) is 12.4 Å². The highest BCUT2D eigenvalue weighted by atomic mass is 16.3. The van der Waals surface area contributed by atoms with Gasteiger partial charge in [0.05, 0.1) is 30.0 Å². The van der Waals surface area contributed by atoms with Crippen LogP contribution in [0.15, 0.2) is 18.7 Å². The lowest BCUT2D eigenvalue weighted by molar-refractivity contribution is 0.0954. The highest BCUT2D eigenvalue weighted by Crippen LogP contribution is 2.23. The number of hydrogen-bond donors (Lipinski definition) is 1. The number of nitrogens with zero attached hydrogens (tertiary/aromatic N) is 5. The van der Waals surface area contributed by atoms with Gasteiger partial charge in [0.15, 0.2) is 0 Å². The summed E-state index contributed by atoms with van der Waals surface area (Å²) in [6, 6.07) is 0.111. The minimum atomic E-state index is 0.111. The van der Waals surface area contributed by atoms with Crippen LogP contribution in [0.3, 0.4) is 0 Å². The number of aliphatic hydroxyl groups excluding tert-OH is 1. The van der Waals surface area contributed by atoms with E-state index in [-0.39, 0.29) is 12.6 Å². The first-order valence-corrected chi connectivity index (χ1v) is 6.79. The van der Waals surface area contributed by atoms with E-state index in [0.717, 1.165) is 30.0 Å². The monoisotopic (exact) mass is 273 g/mol. The second-order valence-corrected chi connectivity index (χ2v) is 5.35. The summed E-state index contributed by atoms with van der Waals surface area (Å²) >= 11 is 0. The third-order valence-corrected chi connectivity index (χ3v) is 3.82. The summed E-state index contributed by atoms with van der Waals surface area (Å²) in [5.74, 6) is 0. The van der Waals surface area contributed by atoms with Crippen molar-refractivity contribution in [2.75, 3.05) is 6.61 Å². The summed E-state index contributed by atoms with van der Waals surface area (Å²) in [7, 11) is 2.00. The maximum absolute atomic E-state index is 9.64. The predicted octanol–water partition coefficient (Wildman–Crippen LogP) is 0.438. The maximum atomic E-state index is 9.64. The first kappa shape index (κ1) is 13.2. The molecule has 2 aromatic rings. The van der Waals surface area contributed by atoms with Gasteiger partial charge in [-0.05, 0) is 6.92 Å². The van der Waals surface area contributed by atoms with Gasteiger partial charge in [0.25, 0.3) is 0 Å². The zero-order valence-corrected chi connectivity index (χ0v) is 11.8. The molecular formula is C14H19N5O. The van der Waals surface area contributed by atoms with Gasteiger partial charge in [-0.15, -0.1) is 0 Å². The summed E-state index contributed by atoms with van der Waals surface area (Å²) in [6.07, 6.45) is 6.20. The molecule has 1 N–H and O–H groups in total. The van der Waals surface area contributed by atoms with E-state index in [0.29, 0.717) is 6.54 Å². The van der Waals surface area contributed by atoms with Crippen LogP contribution in [-0.4, -0.2) is 42.2 Å². The van der Waals surface area contributed by atoms with Crippen molar-refractivity contribution in [1.29, 1.82) is 0 Å². The Bertz CT molecular complexity index is 609. The Morgan fingerprint density at radius 2 is 2.25 bits per heavy atom. The fourth-order valence-electron chi connectivity index (χ4n) is 2.74. The van der Waals surface area contributed by atoms with E-state index in [1.165, 1.54) is 5.69 Å². The van der Waals surface area contributed by atoms with E-state index in [4.69, 9.17) is 0 Å². The Morgan fingerprint density at radius 1 is 1.40 bits per heavy atom. The molecule has 20 heavy (non-hydrogen) atoms. The lowest BCUT2D eigenvalue weighted by atomic mass is 10.0. The normalized spacial score (nSPS) is 19.1. The number of hydrogen-bond acceptors (Lipinski definition) is 5. The third-order valence-electron chi connectivity index (χ3n) is 3.82. The number of aromatic nitrogens is 4. The van der Waals surface area contributed by atoms with Crippen molar-refractivity contribution in [3.05, 3.63) is 41.5 Å². The van der Waals surface area contributed by atoms with Gasteiger partial charge < -0.3 is 9.67 Å². The van der Waals surface area contributed by atoms with Crippen LogP contribution in [-0.2, 0) is 26.6 Å². The fraction of sp³-hybridized carbons (Fsp3) is 0.500. The Labute approximate surface area is 118 Å². The third kappa shape index (κ3) is 2.44. The Hall–Kier alpha value is -1.79. The minimum absolute atomic E-state index is 0.111. The molecule has 1 unspecified atom stereocenters. The van der Waals surface area contributed by atoms with Crippen molar-refractivity contribution in [2.45, 2.75) is 32.5 Å². The fourth-order valence-corrected chi connectivity index (χ4v) is 2.74. The first-order chi connectivity index (χ1) is 9.67. The number of aryl methyl sites for hydroxylation is 2. The van der Waals surface area contributed by atoms with E-state index >= 15 is 0 Å². The average molecular weight is 273 g/mol. The van der Waals surface area contributed by atoms with E-state index in [1.807, 2.05) is 24.9 Å². The molecular weight excluding hydrogens is 254 g/mol. The Kier molecular flexibility index (Phi) is 3.50. The van der Waals surface area contributed by atoms with Crippen LogP contribution in [0.1, 0.15) is 22.8 Å². The number of imidazole rings is 1. The van der Waals surface area contributed by atoms with E-state index in [2.05, 4.69) is 19.9 Å².